The third-order valence-corrected chi connectivity index (χ3v) is 5.64. The second kappa shape index (κ2) is 8.20. The van der Waals surface area contributed by atoms with Crippen LogP contribution in [0, 0.1) is 12.8 Å². The molecule has 148 valence electrons. The van der Waals surface area contributed by atoms with Gasteiger partial charge in [-0.2, -0.15) is 0 Å². The molecule has 0 spiro atoms. The lowest BCUT2D eigenvalue weighted by atomic mass is 10.1. The maximum atomic E-state index is 4.87. The number of benzene rings is 2. The van der Waals surface area contributed by atoms with Crippen molar-refractivity contribution in [1.29, 1.82) is 0 Å². The highest BCUT2D eigenvalue weighted by Gasteiger charge is 2.26. The normalized spacial score (nSPS) is 14.2. The van der Waals surface area contributed by atoms with Crippen molar-refractivity contribution in [3.63, 3.8) is 0 Å². The van der Waals surface area contributed by atoms with Crippen LogP contribution >= 0.6 is 0 Å². The van der Waals surface area contributed by atoms with Crippen LogP contribution < -0.4 is 4.90 Å². The minimum atomic E-state index is 0.782. The Balaban J connectivity index is 1.79. The van der Waals surface area contributed by atoms with Crippen molar-refractivity contribution < 1.29 is 0 Å². The third kappa shape index (κ3) is 4.24. The van der Waals surface area contributed by atoms with E-state index in [9.17, 15) is 0 Å². The van der Waals surface area contributed by atoms with Gasteiger partial charge in [-0.15, -0.1) is 0 Å². The summed E-state index contributed by atoms with van der Waals surface area (Å²) in [6.07, 6.45) is 9.37. The van der Waals surface area contributed by atoms with Crippen LogP contribution in [0.15, 0.2) is 61.3 Å². The molecule has 0 N–H and O–H groups in total. The van der Waals surface area contributed by atoms with E-state index in [1.807, 2.05) is 25.3 Å². The topological polar surface area (TPSA) is 29.0 Å². The fourth-order valence-corrected chi connectivity index (χ4v) is 3.80. The van der Waals surface area contributed by atoms with Crippen LogP contribution in [-0.4, -0.2) is 16.5 Å². The molecule has 3 nitrogen and oxygen atoms in total. The van der Waals surface area contributed by atoms with Crippen molar-refractivity contribution in [2.24, 2.45) is 5.92 Å². The molecule has 29 heavy (non-hydrogen) atoms. The zero-order chi connectivity index (χ0) is 20.4. The smallest absolute Gasteiger partial charge is 0.0915 e. The molecule has 4 rings (SSSR count). The second-order valence-electron chi connectivity index (χ2n) is 7.96. The Kier molecular flexibility index (Phi) is 5.48. The van der Waals surface area contributed by atoms with Gasteiger partial charge in [-0.25, -0.2) is 4.98 Å². The maximum Gasteiger partial charge on any atom is 0.0915 e. The summed E-state index contributed by atoms with van der Waals surface area (Å²) in [5, 5.41) is 0. The lowest BCUT2D eigenvalue weighted by Gasteiger charge is -2.26. The summed E-state index contributed by atoms with van der Waals surface area (Å²) in [4.78, 5) is 11.9. The zero-order valence-electron chi connectivity index (χ0n) is 17.7. The monoisotopic (exact) mass is 383 g/mol. The molecule has 0 amide bonds. The first-order chi connectivity index (χ1) is 14.1. The summed E-state index contributed by atoms with van der Waals surface area (Å²) in [6.45, 7) is 11.3. The van der Waals surface area contributed by atoms with Gasteiger partial charge in [0.25, 0.3) is 0 Å². The first-order valence-corrected chi connectivity index (χ1v) is 10.5. The maximum absolute atomic E-state index is 4.87. The van der Waals surface area contributed by atoms with E-state index in [1.54, 1.807) is 0 Å². The Hall–Kier alpha value is -2.94. The van der Waals surface area contributed by atoms with Gasteiger partial charge in [0, 0.05) is 17.9 Å². The second-order valence-corrected chi connectivity index (χ2v) is 7.96. The van der Waals surface area contributed by atoms with Crippen molar-refractivity contribution in [2.45, 2.75) is 40.0 Å². The van der Waals surface area contributed by atoms with Crippen LogP contribution in [0.4, 0.5) is 11.4 Å². The van der Waals surface area contributed by atoms with Gasteiger partial charge in [-0.1, -0.05) is 31.7 Å². The van der Waals surface area contributed by atoms with E-state index in [1.165, 1.54) is 35.3 Å². The summed E-state index contributed by atoms with van der Waals surface area (Å²) in [5.74, 6) is 0.782. The lowest BCUT2D eigenvalue weighted by molar-refractivity contribution is 0.813. The molecule has 0 bridgehead atoms. The number of anilines is 2. The molecule has 1 aromatic heterocycles. The lowest BCUT2D eigenvalue weighted by Crippen LogP contribution is -2.20. The highest BCUT2D eigenvalue weighted by molar-refractivity contribution is 5.83. The minimum Gasteiger partial charge on any atom is -0.341 e. The van der Waals surface area contributed by atoms with Crippen LogP contribution in [0.1, 0.15) is 43.5 Å². The highest BCUT2D eigenvalue weighted by Crippen LogP contribution is 2.36. The average molecular weight is 384 g/mol. The van der Waals surface area contributed by atoms with Crippen LogP contribution in [0.3, 0.4) is 0 Å². The molecule has 1 fully saturated rings. The molecular formula is C26H29N3. The molecular weight excluding hydrogens is 354 g/mol. The Morgan fingerprint density at radius 2 is 1.97 bits per heavy atom. The number of aromatic nitrogens is 2. The van der Waals surface area contributed by atoms with Crippen molar-refractivity contribution >= 4 is 28.0 Å². The van der Waals surface area contributed by atoms with E-state index in [0.29, 0.717) is 0 Å². The van der Waals surface area contributed by atoms with Crippen molar-refractivity contribution in [3.8, 4) is 0 Å². The van der Waals surface area contributed by atoms with E-state index < -0.39 is 0 Å². The van der Waals surface area contributed by atoms with Crippen LogP contribution in [0.25, 0.3) is 16.6 Å². The van der Waals surface area contributed by atoms with Gasteiger partial charge in [-0.05, 0) is 86.1 Å². The predicted octanol–water partition coefficient (Wildman–Crippen LogP) is 6.64. The largest absolute Gasteiger partial charge is 0.341 e. The molecule has 1 heterocycles. The quantitative estimate of drug-likeness (QED) is 0.428. The Morgan fingerprint density at radius 3 is 2.66 bits per heavy atom. The summed E-state index contributed by atoms with van der Waals surface area (Å²) in [5.41, 5.74) is 8.86. The summed E-state index contributed by atoms with van der Waals surface area (Å²) < 4.78 is 0. The molecule has 0 radical (unpaired) electrons. The average Bonchev–Trinajstić information content (AvgIpc) is 3.56. The van der Waals surface area contributed by atoms with Gasteiger partial charge in [0.2, 0.25) is 0 Å². The number of hydrogen-bond acceptors (Lipinski definition) is 3. The van der Waals surface area contributed by atoms with Crippen LogP contribution in [0.2, 0.25) is 0 Å². The van der Waals surface area contributed by atoms with Crippen LogP contribution in [-0.2, 0) is 6.42 Å². The molecule has 1 saturated carbocycles. The van der Waals surface area contributed by atoms with Gasteiger partial charge in [0.1, 0.15) is 0 Å². The first-order valence-electron chi connectivity index (χ1n) is 10.5. The molecule has 0 unspecified atom stereocenters. The predicted molar refractivity (Wildman–Crippen MR) is 124 cm³/mol. The van der Waals surface area contributed by atoms with Gasteiger partial charge in [-0.3, -0.25) is 4.98 Å². The van der Waals surface area contributed by atoms with E-state index in [0.717, 1.165) is 41.2 Å². The number of nitrogens with zero attached hydrogens (tertiary/aromatic N) is 3. The SMILES string of the molecule is C=C/C(=C\C)c1cnc2ccc(N(CC3CC3)c3cc(C)cc(CC)c3)cc2n1. The fraction of sp³-hybridized carbons (Fsp3) is 0.308. The van der Waals surface area contributed by atoms with Gasteiger partial charge in [0.05, 0.1) is 22.9 Å². The number of rotatable bonds is 7. The fourth-order valence-electron chi connectivity index (χ4n) is 3.80. The number of hydrogen-bond donors (Lipinski definition) is 0. The Bertz CT molecular complexity index is 1080. The van der Waals surface area contributed by atoms with E-state index in [2.05, 4.69) is 66.7 Å². The summed E-state index contributed by atoms with van der Waals surface area (Å²) in [7, 11) is 0. The Morgan fingerprint density at radius 1 is 1.14 bits per heavy atom. The van der Waals surface area contributed by atoms with E-state index in [4.69, 9.17) is 4.98 Å². The van der Waals surface area contributed by atoms with Crippen molar-refractivity contribution in [1.82, 2.24) is 9.97 Å². The molecule has 0 saturated heterocycles. The van der Waals surface area contributed by atoms with Crippen molar-refractivity contribution in [2.75, 3.05) is 11.4 Å². The summed E-state index contributed by atoms with van der Waals surface area (Å²) >= 11 is 0. The van der Waals surface area contributed by atoms with E-state index >= 15 is 0 Å². The van der Waals surface area contributed by atoms with Crippen LogP contribution in [0.5, 0.6) is 0 Å². The standard InChI is InChI=1S/C26H29N3/c1-5-19-12-18(4)13-23(14-19)29(17-20-8-9-20)22-10-11-24-25(15-22)28-26(16-27-24)21(6-2)7-3/h6-7,10-16,20H,2,5,8-9,17H2,1,3-4H3/b21-7+. The molecule has 1 aliphatic carbocycles. The zero-order valence-corrected chi connectivity index (χ0v) is 17.7. The number of fused-ring (bicyclic) bond motifs is 1. The molecule has 0 aliphatic heterocycles. The highest BCUT2D eigenvalue weighted by atomic mass is 15.1. The molecule has 1 aliphatic rings. The first kappa shape index (κ1) is 19.4. The number of aryl methyl sites for hydroxylation is 2. The molecule has 0 atom stereocenters. The van der Waals surface area contributed by atoms with Gasteiger partial charge >= 0.3 is 0 Å². The summed E-state index contributed by atoms with van der Waals surface area (Å²) in [6, 6.07) is 13.3. The van der Waals surface area contributed by atoms with Crippen molar-refractivity contribution in [3.05, 3.63) is 78.1 Å². The molecule has 2 aromatic carbocycles. The number of allylic oxidation sites excluding steroid dienone is 3. The molecule has 3 aromatic rings. The van der Waals surface area contributed by atoms with E-state index in [-0.39, 0.29) is 0 Å². The third-order valence-electron chi connectivity index (χ3n) is 5.64. The molecule has 3 heteroatoms. The van der Waals surface area contributed by atoms with Gasteiger partial charge < -0.3 is 4.90 Å². The van der Waals surface area contributed by atoms with Gasteiger partial charge in [0.15, 0.2) is 0 Å². The minimum absolute atomic E-state index is 0.782. The Labute approximate surface area is 173 Å².